The Morgan fingerprint density at radius 2 is 2.11 bits per heavy atom. The first kappa shape index (κ1) is 14.3. The molecule has 1 atom stereocenters. The van der Waals surface area contributed by atoms with E-state index in [1.165, 1.54) is 31.4 Å². The monoisotopic (exact) mass is 262 g/mol. The lowest BCUT2D eigenvalue weighted by molar-refractivity contribution is 0.143. The van der Waals surface area contributed by atoms with Crippen LogP contribution >= 0.6 is 0 Å². The molecule has 1 saturated heterocycles. The Morgan fingerprint density at radius 3 is 2.74 bits per heavy atom. The number of piperidine rings is 1. The highest BCUT2D eigenvalue weighted by molar-refractivity contribution is 4.97. The summed E-state index contributed by atoms with van der Waals surface area (Å²) in [4.78, 5) is 6.99. The summed E-state index contributed by atoms with van der Waals surface area (Å²) in [5.41, 5.74) is 1.40. The van der Waals surface area contributed by atoms with Crippen LogP contribution in [0.3, 0.4) is 0 Å². The third kappa shape index (κ3) is 3.90. The first-order valence-corrected chi connectivity index (χ1v) is 7.31. The first-order chi connectivity index (χ1) is 9.06. The summed E-state index contributed by atoms with van der Waals surface area (Å²) in [5.74, 6) is 1.91. The lowest BCUT2D eigenvalue weighted by Gasteiger charge is -2.35. The third-order valence-electron chi connectivity index (χ3n) is 3.83. The number of aromatic nitrogens is 3. The van der Waals surface area contributed by atoms with E-state index in [4.69, 9.17) is 0 Å². The molecular weight excluding hydrogens is 236 g/mol. The van der Waals surface area contributed by atoms with Crippen LogP contribution in [0.15, 0.2) is 11.6 Å². The molecule has 1 aliphatic heterocycles. The van der Waals surface area contributed by atoms with Crippen molar-refractivity contribution < 1.29 is 0 Å². The maximum absolute atomic E-state index is 4.50. The molecule has 0 radical (unpaired) electrons. The van der Waals surface area contributed by atoms with Crippen LogP contribution in [0.5, 0.6) is 0 Å². The number of nitrogens with zero attached hydrogens (tertiary/aromatic N) is 4. The molecule has 0 aliphatic carbocycles. The molecule has 1 aromatic heterocycles. The van der Waals surface area contributed by atoms with E-state index < -0.39 is 0 Å². The van der Waals surface area contributed by atoms with Gasteiger partial charge in [0.1, 0.15) is 11.6 Å². The van der Waals surface area contributed by atoms with Crippen LogP contribution in [0.25, 0.3) is 0 Å². The van der Waals surface area contributed by atoms with E-state index in [1.54, 1.807) is 0 Å². The molecule has 0 saturated carbocycles. The maximum atomic E-state index is 4.50. The van der Waals surface area contributed by atoms with Crippen molar-refractivity contribution in [1.82, 2.24) is 19.7 Å². The summed E-state index contributed by atoms with van der Waals surface area (Å²) in [6.07, 6.45) is 6.26. The molecule has 19 heavy (non-hydrogen) atoms. The van der Waals surface area contributed by atoms with Gasteiger partial charge in [-0.25, -0.2) is 9.67 Å². The minimum Gasteiger partial charge on any atom is -0.295 e. The van der Waals surface area contributed by atoms with Gasteiger partial charge in [0.15, 0.2) is 0 Å². The highest BCUT2D eigenvalue weighted by atomic mass is 15.4. The van der Waals surface area contributed by atoms with Crippen molar-refractivity contribution in [1.29, 1.82) is 0 Å². The van der Waals surface area contributed by atoms with Crippen molar-refractivity contribution in [2.45, 2.75) is 59.5 Å². The average molecular weight is 262 g/mol. The first-order valence-electron chi connectivity index (χ1n) is 7.31. The second-order valence-corrected chi connectivity index (χ2v) is 5.81. The zero-order valence-electron chi connectivity index (χ0n) is 12.7. The van der Waals surface area contributed by atoms with Crippen LogP contribution in [-0.2, 0) is 6.54 Å². The van der Waals surface area contributed by atoms with Gasteiger partial charge in [0, 0.05) is 12.6 Å². The molecule has 0 spiro atoms. The predicted octanol–water partition coefficient (Wildman–Crippen LogP) is 2.72. The van der Waals surface area contributed by atoms with E-state index in [-0.39, 0.29) is 0 Å². The Labute approximate surface area is 116 Å². The molecule has 0 aromatic carbocycles. The molecule has 1 aliphatic rings. The standard InChI is InChI=1S/C15H26N4/c1-12(2)8-10-18-9-6-5-7-15(18)11-19-14(4)16-13(3)17-19/h8,15H,5-7,9-11H2,1-4H3/t15-/m1/s1. The van der Waals surface area contributed by atoms with Crippen LogP contribution in [0.2, 0.25) is 0 Å². The molecule has 4 nitrogen and oxygen atoms in total. The van der Waals surface area contributed by atoms with Crippen molar-refractivity contribution in [3.63, 3.8) is 0 Å². The predicted molar refractivity (Wildman–Crippen MR) is 78.1 cm³/mol. The smallest absolute Gasteiger partial charge is 0.147 e. The van der Waals surface area contributed by atoms with Crippen molar-refractivity contribution in [3.05, 3.63) is 23.3 Å². The Bertz CT molecular complexity index is 443. The minimum absolute atomic E-state index is 0.601. The number of hydrogen-bond donors (Lipinski definition) is 0. The van der Waals surface area contributed by atoms with E-state index in [0.29, 0.717) is 6.04 Å². The molecule has 106 valence electrons. The lowest BCUT2D eigenvalue weighted by Crippen LogP contribution is -2.42. The number of rotatable bonds is 4. The van der Waals surface area contributed by atoms with Gasteiger partial charge in [0.2, 0.25) is 0 Å². The summed E-state index contributed by atoms with van der Waals surface area (Å²) < 4.78 is 2.07. The number of likely N-dealkylation sites (tertiary alicyclic amines) is 1. The molecule has 0 bridgehead atoms. The molecule has 2 heterocycles. The SMILES string of the molecule is CC(C)=CCN1CCCC[C@@H]1Cn1nc(C)nc1C. The van der Waals surface area contributed by atoms with Crippen molar-refractivity contribution in [3.8, 4) is 0 Å². The normalized spacial score (nSPS) is 20.5. The fourth-order valence-corrected chi connectivity index (χ4v) is 2.74. The number of hydrogen-bond acceptors (Lipinski definition) is 3. The summed E-state index contributed by atoms with van der Waals surface area (Å²) in [6.45, 7) is 11.6. The van der Waals surface area contributed by atoms with Crippen molar-refractivity contribution in [2.75, 3.05) is 13.1 Å². The molecule has 1 aromatic rings. The van der Waals surface area contributed by atoms with Gasteiger partial charge in [-0.1, -0.05) is 18.1 Å². The second-order valence-electron chi connectivity index (χ2n) is 5.81. The summed E-state index contributed by atoms with van der Waals surface area (Å²) >= 11 is 0. The largest absolute Gasteiger partial charge is 0.295 e. The van der Waals surface area contributed by atoms with Crippen LogP contribution in [0.1, 0.15) is 44.8 Å². The lowest BCUT2D eigenvalue weighted by atomic mass is 10.0. The topological polar surface area (TPSA) is 34.0 Å². The quantitative estimate of drug-likeness (QED) is 0.782. The van der Waals surface area contributed by atoms with Crippen LogP contribution in [0, 0.1) is 13.8 Å². The number of allylic oxidation sites excluding steroid dienone is 1. The molecule has 1 fully saturated rings. The van der Waals surface area contributed by atoms with Crippen molar-refractivity contribution in [2.24, 2.45) is 0 Å². The van der Waals surface area contributed by atoms with E-state index in [9.17, 15) is 0 Å². The van der Waals surface area contributed by atoms with Gasteiger partial charge in [-0.05, 0) is 47.1 Å². The van der Waals surface area contributed by atoms with Gasteiger partial charge in [0.25, 0.3) is 0 Å². The highest BCUT2D eigenvalue weighted by Gasteiger charge is 2.22. The van der Waals surface area contributed by atoms with Crippen molar-refractivity contribution >= 4 is 0 Å². The molecular formula is C15H26N4. The Balaban J connectivity index is 2.03. The van der Waals surface area contributed by atoms with Crippen LogP contribution in [-0.4, -0.2) is 38.8 Å². The van der Waals surface area contributed by atoms with Gasteiger partial charge in [-0.15, -0.1) is 0 Å². The molecule has 0 unspecified atom stereocenters. The molecule has 4 heteroatoms. The van der Waals surface area contributed by atoms with E-state index in [2.05, 4.69) is 39.6 Å². The fourth-order valence-electron chi connectivity index (χ4n) is 2.74. The van der Waals surface area contributed by atoms with Gasteiger partial charge in [-0.3, -0.25) is 4.90 Å². The third-order valence-corrected chi connectivity index (χ3v) is 3.83. The minimum atomic E-state index is 0.601. The zero-order valence-corrected chi connectivity index (χ0v) is 12.7. The summed E-state index contributed by atoms with van der Waals surface area (Å²) in [6, 6.07) is 0.601. The summed E-state index contributed by atoms with van der Waals surface area (Å²) in [5, 5.41) is 4.50. The van der Waals surface area contributed by atoms with E-state index in [1.807, 2.05) is 13.8 Å². The zero-order chi connectivity index (χ0) is 13.8. The van der Waals surface area contributed by atoms with Gasteiger partial charge < -0.3 is 0 Å². The Kier molecular flexibility index (Phi) is 4.75. The van der Waals surface area contributed by atoms with E-state index in [0.717, 1.165) is 24.7 Å². The molecule has 0 amide bonds. The van der Waals surface area contributed by atoms with Crippen LogP contribution < -0.4 is 0 Å². The Hall–Kier alpha value is -1.16. The molecule has 0 N–H and O–H groups in total. The average Bonchev–Trinajstić information content (AvgIpc) is 2.67. The fraction of sp³-hybridized carbons (Fsp3) is 0.733. The maximum Gasteiger partial charge on any atom is 0.147 e. The van der Waals surface area contributed by atoms with Crippen LogP contribution in [0.4, 0.5) is 0 Å². The van der Waals surface area contributed by atoms with E-state index >= 15 is 0 Å². The second kappa shape index (κ2) is 6.33. The van der Waals surface area contributed by atoms with Gasteiger partial charge in [0.05, 0.1) is 6.54 Å². The number of aryl methyl sites for hydroxylation is 2. The van der Waals surface area contributed by atoms with Gasteiger partial charge in [-0.2, -0.15) is 5.10 Å². The van der Waals surface area contributed by atoms with Gasteiger partial charge >= 0.3 is 0 Å². The molecule has 2 rings (SSSR count). The Morgan fingerprint density at radius 1 is 1.32 bits per heavy atom. The highest BCUT2D eigenvalue weighted by Crippen LogP contribution is 2.19. The summed E-state index contributed by atoms with van der Waals surface area (Å²) in [7, 11) is 0.